The highest BCUT2D eigenvalue weighted by Gasteiger charge is 2.18. The average molecular weight is 439 g/mol. The Morgan fingerprint density at radius 1 is 1.00 bits per heavy atom. The lowest BCUT2D eigenvalue weighted by Crippen LogP contribution is -2.36. The maximum atomic E-state index is 12.6. The number of ether oxygens (including phenoxy) is 2. The zero-order valence-electron chi connectivity index (χ0n) is 18.1. The molecule has 0 saturated carbocycles. The van der Waals surface area contributed by atoms with E-state index in [4.69, 9.17) is 9.47 Å². The van der Waals surface area contributed by atoms with Crippen LogP contribution in [-0.4, -0.2) is 63.9 Å². The molecule has 2 fully saturated rings. The van der Waals surface area contributed by atoms with Crippen molar-refractivity contribution in [3.63, 3.8) is 0 Å². The van der Waals surface area contributed by atoms with Gasteiger partial charge >= 0.3 is 0 Å². The Labute approximate surface area is 188 Å². The van der Waals surface area contributed by atoms with Gasteiger partial charge in [-0.2, -0.15) is 0 Å². The third-order valence-corrected chi connectivity index (χ3v) is 5.65. The van der Waals surface area contributed by atoms with Crippen molar-refractivity contribution in [2.75, 3.05) is 61.5 Å². The molecule has 0 aliphatic carbocycles. The van der Waals surface area contributed by atoms with Crippen LogP contribution in [0.1, 0.15) is 23.2 Å². The van der Waals surface area contributed by atoms with Crippen LogP contribution in [-0.2, 0) is 14.3 Å². The molecule has 2 amide bonds. The summed E-state index contributed by atoms with van der Waals surface area (Å²) in [4.78, 5) is 27.3. The molecule has 2 aliphatic rings. The van der Waals surface area contributed by atoms with Crippen molar-refractivity contribution >= 4 is 28.9 Å². The number of amides is 2. The zero-order valence-corrected chi connectivity index (χ0v) is 18.1. The van der Waals surface area contributed by atoms with Gasteiger partial charge in [0.15, 0.2) is 0 Å². The third kappa shape index (κ3) is 5.99. The topological polar surface area (TPSA) is 91.9 Å². The molecule has 1 atom stereocenters. The van der Waals surface area contributed by atoms with Gasteiger partial charge in [-0.15, -0.1) is 0 Å². The summed E-state index contributed by atoms with van der Waals surface area (Å²) >= 11 is 0. The van der Waals surface area contributed by atoms with Gasteiger partial charge in [-0.3, -0.25) is 9.59 Å². The first-order valence-corrected chi connectivity index (χ1v) is 11.1. The second kappa shape index (κ2) is 11.0. The second-order valence-electron chi connectivity index (χ2n) is 7.94. The largest absolute Gasteiger partial charge is 0.378 e. The van der Waals surface area contributed by atoms with E-state index in [0.29, 0.717) is 17.8 Å². The predicted octanol–water partition coefficient (Wildman–Crippen LogP) is 2.48. The van der Waals surface area contributed by atoms with Crippen LogP contribution in [0.3, 0.4) is 0 Å². The number of carbonyl (C=O) groups is 2. The van der Waals surface area contributed by atoms with Gasteiger partial charge in [0, 0.05) is 43.3 Å². The molecule has 8 heteroatoms. The highest BCUT2D eigenvalue weighted by atomic mass is 16.5. The highest BCUT2D eigenvalue weighted by molar-refractivity contribution is 6.01. The number of morpholine rings is 1. The first-order chi connectivity index (χ1) is 15.7. The van der Waals surface area contributed by atoms with Crippen molar-refractivity contribution in [3.05, 3.63) is 54.1 Å². The number of nitrogens with zero attached hydrogens (tertiary/aromatic N) is 1. The molecule has 8 nitrogen and oxygen atoms in total. The number of hydrogen-bond donors (Lipinski definition) is 3. The van der Waals surface area contributed by atoms with Crippen molar-refractivity contribution in [1.82, 2.24) is 5.32 Å². The van der Waals surface area contributed by atoms with E-state index in [0.717, 1.165) is 57.1 Å². The summed E-state index contributed by atoms with van der Waals surface area (Å²) in [5.74, 6) is -0.360. The maximum absolute atomic E-state index is 12.6. The first-order valence-electron chi connectivity index (χ1n) is 11.1. The minimum atomic E-state index is -0.182. The van der Waals surface area contributed by atoms with E-state index in [1.807, 2.05) is 36.4 Å². The van der Waals surface area contributed by atoms with Crippen molar-refractivity contribution in [1.29, 1.82) is 0 Å². The van der Waals surface area contributed by atoms with E-state index >= 15 is 0 Å². The lowest BCUT2D eigenvalue weighted by molar-refractivity contribution is -0.114. The summed E-state index contributed by atoms with van der Waals surface area (Å²) in [6, 6.07) is 15.0. The van der Waals surface area contributed by atoms with E-state index in [1.54, 1.807) is 12.1 Å². The molecule has 2 aromatic rings. The van der Waals surface area contributed by atoms with Gasteiger partial charge in [0.05, 0.1) is 31.4 Å². The van der Waals surface area contributed by atoms with Crippen molar-refractivity contribution in [2.24, 2.45) is 0 Å². The van der Waals surface area contributed by atoms with Gasteiger partial charge < -0.3 is 30.3 Å². The number of benzene rings is 2. The molecule has 2 heterocycles. The molecule has 2 saturated heterocycles. The average Bonchev–Trinajstić information content (AvgIpc) is 3.36. The van der Waals surface area contributed by atoms with E-state index in [9.17, 15) is 9.59 Å². The standard InChI is InChI=1S/C24H30N4O4/c29-23(27-18-7-9-19(10-8-18)28-11-14-31-15-12-28)17-25-22-6-2-1-5-21(22)24(30)26-16-20-4-3-13-32-20/h1-2,5-10,20,25H,3-4,11-17H2,(H,26,30)(H,27,29)/t20-/m0/s1. The summed E-state index contributed by atoms with van der Waals surface area (Å²) in [6.45, 7) is 4.52. The van der Waals surface area contributed by atoms with Crippen LogP contribution in [0.25, 0.3) is 0 Å². The summed E-state index contributed by atoms with van der Waals surface area (Å²) < 4.78 is 10.9. The molecule has 4 rings (SSSR count). The lowest BCUT2D eigenvalue weighted by atomic mass is 10.1. The molecule has 0 bridgehead atoms. The van der Waals surface area contributed by atoms with E-state index < -0.39 is 0 Å². The summed E-state index contributed by atoms with van der Waals surface area (Å²) in [5.41, 5.74) is 2.98. The summed E-state index contributed by atoms with van der Waals surface area (Å²) in [5, 5.41) is 8.90. The van der Waals surface area contributed by atoms with Crippen LogP contribution in [0.15, 0.2) is 48.5 Å². The van der Waals surface area contributed by atoms with Gasteiger partial charge in [-0.25, -0.2) is 0 Å². The van der Waals surface area contributed by atoms with E-state index in [2.05, 4.69) is 20.9 Å². The van der Waals surface area contributed by atoms with Crippen molar-refractivity contribution in [3.8, 4) is 0 Å². The minimum absolute atomic E-state index is 0.0568. The van der Waals surface area contributed by atoms with Crippen LogP contribution >= 0.6 is 0 Å². The number of rotatable bonds is 8. The Morgan fingerprint density at radius 3 is 2.53 bits per heavy atom. The normalized spacial score (nSPS) is 18.2. The van der Waals surface area contributed by atoms with Crippen LogP contribution in [0.2, 0.25) is 0 Å². The Kier molecular flexibility index (Phi) is 7.58. The van der Waals surface area contributed by atoms with Gasteiger partial charge in [0.25, 0.3) is 5.91 Å². The highest BCUT2D eigenvalue weighted by Crippen LogP contribution is 2.19. The Balaban J connectivity index is 1.27. The quantitative estimate of drug-likeness (QED) is 0.587. The van der Waals surface area contributed by atoms with Crippen molar-refractivity contribution < 1.29 is 19.1 Å². The van der Waals surface area contributed by atoms with E-state index in [-0.39, 0.29) is 24.5 Å². The fourth-order valence-corrected chi connectivity index (χ4v) is 3.90. The molecule has 0 aromatic heterocycles. The molecule has 0 spiro atoms. The van der Waals surface area contributed by atoms with E-state index in [1.165, 1.54) is 0 Å². The fraction of sp³-hybridized carbons (Fsp3) is 0.417. The number of nitrogens with one attached hydrogen (secondary N) is 3. The van der Waals surface area contributed by atoms with Crippen molar-refractivity contribution in [2.45, 2.75) is 18.9 Å². The minimum Gasteiger partial charge on any atom is -0.378 e. The van der Waals surface area contributed by atoms with Crippen LogP contribution < -0.4 is 20.9 Å². The molecular formula is C24H30N4O4. The molecule has 2 aromatic carbocycles. The Hall–Kier alpha value is -3.10. The molecule has 32 heavy (non-hydrogen) atoms. The van der Waals surface area contributed by atoms with Gasteiger partial charge in [-0.05, 0) is 49.2 Å². The number of hydrogen-bond acceptors (Lipinski definition) is 6. The maximum Gasteiger partial charge on any atom is 0.253 e. The number of para-hydroxylation sites is 1. The summed E-state index contributed by atoms with van der Waals surface area (Å²) in [7, 11) is 0. The smallest absolute Gasteiger partial charge is 0.253 e. The van der Waals surface area contributed by atoms with Crippen LogP contribution in [0, 0.1) is 0 Å². The Bertz CT molecular complexity index is 906. The second-order valence-corrected chi connectivity index (χ2v) is 7.94. The van der Waals surface area contributed by atoms with Gasteiger partial charge in [-0.1, -0.05) is 12.1 Å². The zero-order chi connectivity index (χ0) is 22.2. The lowest BCUT2D eigenvalue weighted by Gasteiger charge is -2.28. The Morgan fingerprint density at radius 2 is 1.78 bits per heavy atom. The number of carbonyl (C=O) groups excluding carboxylic acids is 2. The molecular weight excluding hydrogens is 408 g/mol. The fourth-order valence-electron chi connectivity index (χ4n) is 3.90. The van der Waals surface area contributed by atoms with Crippen LogP contribution in [0.4, 0.5) is 17.1 Å². The predicted molar refractivity (Wildman–Crippen MR) is 124 cm³/mol. The number of anilines is 3. The molecule has 3 N–H and O–H groups in total. The SMILES string of the molecule is O=C(CNc1ccccc1C(=O)NC[C@@H]1CCCO1)Nc1ccc(N2CCOCC2)cc1. The van der Waals surface area contributed by atoms with Gasteiger partial charge in [0.1, 0.15) is 0 Å². The summed E-state index contributed by atoms with van der Waals surface area (Å²) in [6.07, 6.45) is 2.08. The molecule has 0 radical (unpaired) electrons. The van der Waals surface area contributed by atoms with Gasteiger partial charge in [0.2, 0.25) is 5.91 Å². The molecule has 0 unspecified atom stereocenters. The first kappa shape index (κ1) is 22.1. The molecule has 170 valence electrons. The third-order valence-electron chi connectivity index (χ3n) is 5.65. The monoisotopic (exact) mass is 438 g/mol. The molecule has 2 aliphatic heterocycles. The van der Waals surface area contributed by atoms with Crippen LogP contribution in [0.5, 0.6) is 0 Å².